The molecule has 0 amide bonds. The molecule has 0 saturated heterocycles. The van der Waals surface area contributed by atoms with E-state index in [0.717, 1.165) is 0 Å². The molecule has 0 atom stereocenters. The number of thiocarbonyl (C=S) groups is 1. The van der Waals surface area contributed by atoms with Crippen LogP contribution in [-0.4, -0.2) is 4.99 Å². The van der Waals surface area contributed by atoms with Crippen molar-refractivity contribution in [3.8, 4) is 0 Å². The third-order valence-electron chi connectivity index (χ3n) is 2.66. The van der Waals surface area contributed by atoms with Crippen molar-refractivity contribution in [2.45, 2.75) is 0 Å². The Bertz CT molecular complexity index is 704. The molecule has 3 N–H and O–H groups in total. The van der Waals surface area contributed by atoms with Crippen LogP contribution >= 0.6 is 12.2 Å². The molecule has 0 aliphatic carbocycles. The average Bonchev–Trinajstić information content (AvgIpc) is 2.48. The lowest BCUT2D eigenvalue weighted by Crippen LogP contribution is -2.13. The minimum atomic E-state index is -2.22. The van der Waals surface area contributed by atoms with Crippen LogP contribution in [0.1, 0.15) is 5.56 Å². The van der Waals surface area contributed by atoms with E-state index in [9.17, 15) is 22.0 Å². The quantitative estimate of drug-likeness (QED) is 0.392. The molecule has 8 heteroatoms. The smallest absolute Gasteiger partial charge is 0.200 e. The van der Waals surface area contributed by atoms with Gasteiger partial charge >= 0.3 is 0 Å². The fourth-order valence-electron chi connectivity index (χ4n) is 1.66. The standard InChI is InChI=1S/C13H7F5N2S/c14-7-8(15)10(17)12(11(18)9(7)16)20-6-4-2-1-3-5(6)13(19)21/h1-4,20H,(H2,19,21). The van der Waals surface area contributed by atoms with Crippen molar-refractivity contribution in [2.75, 3.05) is 5.32 Å². The molecule has 2 aromatic rings. The lowest BCUT2D eigenvalue weighted by molar-refractivity contribution is 0.382. The molecule has 0 bridgehead atoms. The first-order valence-electron chi connectivity index (χ1n) is 5.52. The Morgan fingerprint density at radius 3 is 1.86 bits per heavy atom. The molecule has 0 heterocycles. The van der Waals surface area contributed by atoms with Gasteiger partial charge in [0.1, 0.15) is 10.7 Å². The highest BCUT2D eigenvalue weighted by Gasteiger charge is 2.26. The van der Waals surface area contributed by atoms with E-state index < -0.39 is 34.8 Å². The van der Waals surface area contributed by atoms with E-state index in [1.807, 2.05) is 0 Å². The third kappa shape index (κ3) is 2.66. The fraction of sp³-hybridized carbons (Fsp3) is 0. The zero-order chi connectivity index (χ0) is 15.7. The number of para-hydroxylation sites is 1. The van der Waals surface area contributed by atoms with Crippen molar-refractivity contribution >= 4 is 28.6 Å². The maximum absolute atomic E-state index is 13.6. The van der Waals surface area contributed by atoms with Gasteiger partial charge in [-0.3, -0.25) is 0 Å². The molecule has 21 heavy (non-hydrogen) atoms. The topological polar surface area (TPSA) is 38.0 Å². The number of hydrogen-bond donors (Lipinski definition) is 2. The van der Waals surface area contributed by atoms with Gasteiger partial charge in [0.2, 0.25) is 5.82 Å². The van der Waals surface area contributed by atoms with Gasteiger partial charge in [-0.1, -0.05) is 24.4 Å². The predicted molar refractivity (Wildman–Crippen MR) is 71.8 cm³/mol. The third-order valence-corrected chi connectivity index (χ3v) is 2.88. The predicted octanol–water partition coefficient (Wildman–Crippen LogP) is 3.76. The van der Waals surface area contributed by atoms with Crippen LogP contribution in [0.15, 0.2) is 24.3 Å². The fourth-order valence-corrected chi connectivity index (χ4v) is 1.83. The highest BCUT2D eigenvalue weighted by molar-refractivity contribution is 7.80. The summed E-state index contributed by atoms with van der Waals surface area (Å²) in [5.41, 5.74) is 4.48. The van der Waals surface area contributed by atoms with E-state index in [4.69, 9.17) is 18.0 Å². The highest BCUT2D eigenvalue weighted by atomic mass is 32.1. The maximum atomic E-state index is 13.6. The molecule has 0 aromatic heterocycles. The van der Waals surface area contributed by atoms with Gasteiger partial charge in [-0.25, -0.2) is 22.0 Å². The number of rotatable bonds is 3. The van der Waals surface area contributed by atoms with E-state index in [1.54, 1.807) is 6.07 Å². The lowest BCUT2D eigenvalue weighted by Gasteiger charge is -2.13. The van der Waals surface area contributed by atoms with Crippen molar-refractivity contribution in [1.82, 2.24) is 0 Å². The second kappa shape index (κ2) is 5.65. The van der Waals surface area contributed by atoms with Crippen LogP contribution in [0, 0.1) is 29.1 Å². The summed E-state index contributed by atoms with van der Waals surface area (Å²) in [7, 11) is 0. The Labute approximate surface area is 121 Å². The molecule has 0 spiro atoms. The average molecular weight is 318 g/mol. The molecule has 0 aliphatic rings. The van der Waals surface area contributed by atoms with Crippen molar-refractivity contribution in [3.05, 3.63) is 58.9 Å². The summed E-state index contributed by atoms with van der Waals surface area (Å²) in [5.74, 6) is -10.2. The number of nitrogens with two attached hydrogens (primary N) is 1. The van der Waals surface area contributed by atoms with Gasteiger partial charge in [0.15, 0.2) is 23.3 Å². The molecule has 110 valence electrons. The number of nitrogens with one attached hydrogen (secondary N) is 1. The largest absolute Gasteiger partial charge is 0.389 e. The maximum Gasteiger partial charge on any atom is 0.200 e. The van der Waals surface area contributed by atoms with E-state index >= 15 is 0 Å². The summed E-state index contributed by atoms with van der Waals surface area (Å²) in [4.78, 5) is -0.0954. The molecule has 2 nitrogen and oxygen atoms in total. The van der Waals surface area contributed by atoms with Crippen LogP contribution in [0.25, 0.3) is 0 Å². The Hall–Kier alpha value is -2.22. The van der Waals surface area contributed by atoms with Crippen molar-refractivity contribution in [1.29, 1.82) is 0 Å². The number of halogens is 5. The molecule has 2 rings (SSSR count). The van der Waals surface area contributed by atoms with Gasteiger partial charge in [0, 0.05) is 11.3 Å². The van der Waals surface area contributed by atoms with E-state index in [2.05, 4.69) is 5.32 Å². The molecular formula is C13H7F5N2S. The Balaban J connectivity index is 2.58. The Kier molecular flexibility index (Phi) is 4.08. The van der Waals surface area contributed by atoms with Crippen LogP contribution in [0.2, 0.25) is 0 Å². The first-order chi connectivity index (χ1) is 9.84. The van der Waals surface area contributed by atoms with Gasteiger partial charge in [-0.15, -0.1) is 0 Å². The zero-order valence-corrected chi connectivity index (χ0v) is 11.0. The second-order valence-corrected chi connectivity index (χ2v) is 4.42. The Morgan fingerprint density at radius 2 is 1.33 bits per heavy atom. The second-order valence-electron chi connectivity index (χ2n) is 3.98. The van der Waals surface area contributed by atoms with E-state index in [1.165, 1.54) is 18.2 Å². The van der Waals surface area contributed by atoms with Crippen molar-refractivity contribution in [2.24, 2.45) is 5.73 Å². The first kappa shape index (κ1) is 15.2. The summed E-state index contributed by atoms with van der Waals surface area (Å²) in [6, 6.07) is 5.82. The summed E-state index contributed by atoms with van der Waals surface area (Å²) in [6.45, 7) is 0. The minimum Gasteiger partial charge on any atom is -0.389 e. The number of hydrogen-bond acceptors (Lipinski definition) is 2. The summed E-state index contributed by atoms with van der Waals surface area (Å²) in [6.07, 6.45) is 0. The number of benzene rings is 2. The van der Waals surface area contributed by atoms with Gasteiger partial charge in [0.05, 0.1) is 0 Å². The minimum absolute atomic E-state index is 0.0215. The van der Waals surface area contributed by atoms with Crippen molar-refractivity contribution in [3.63, 3.8) is 0 Å². The summed E-state index contributed by atoms with van der Waals surface area (Å²) < 4.78 is 66.3. The normalized spacial score (nSPS) is 10.5. The van der Waals surface area contributed by atoms with Gasteiger partial charge in [-0.05, 0) is 12.1 Å². The molecule has 0 unspecified atom stereocenters. The monoisotopic (exact) mass is 318 g/mol. The van der Waals surface area contributed by atoms with Crippen molar-refractivity contribution < 1.29 is 22.0 Å². The molecular weight excluding hydrogens is 311 g/mol. The van der Waals surface area contributed by atoms with Gasteiger partial charge in [-0.2, -0.15) is 0 Å². The lowest BCUT2D eigenvalue weighted by atomic mass is 10.1. The SMILES string of the molecule is NC(=S)c1ccccc1Nc1c(F)c(F)c(F)c(F)c1F. The van der Waals surface area contributed by atoms with E-state index in [0.29, 0.717) is 0 Å². The van der Waals surface area contributed by atoms with E-state index in [-0.39, 0.29) is 16.2 Å². The molecule has 2 aromatic carbocycles. The van der Waals surface area contributed by atoms with Crippen LogP contribution in [0.3, 0.4) is 0 Å². The van der Waals surface area contributed by atoms with Crippen LogP contribution in [0.5, 0.6) is 0 Å². The molecule has 0 fully saturated rings. The van der Waals surface area contributed by atoms with Crippen LogP contribution in [0.4, 0.5) is 33.3 Å². The summed E-state index contributed by atoms with van der Waals surface area (Å²) in [5, 5.41) is 2.14. The molecule has 0 radical (unpaired) electrons. The number of anilines is 2. The van der Waals surface area contributed by atoms with Crippen LogP contribution < -0.4 is 11.1 Å². The highest BCUT2D eigenvalue weighted by Crippen LogP contribution is 2.30. The van der Waals surface area contributed by atoms with Crippen LogP contribution in [-0.2, 0) is 0 Å². The summed E-state index contributed by atoms with van der Waals surface area (Å²) >= 11 is 4.75. The first-order valence-corrected chi connectivity index (χ1v) is 5.92. The van der Waals surface area contributed by atoms with Gasteiger partial charge in [0.25, 0.3) is 0 Å². The zero-order valence-electron chi connectivity index (χ0n) is 10.2. The molecule has 0 saturated carbocycles. The Morgan fingerprint density at radius 1 is 0.857 bits per heavy atom. The van der Waals surface area contributed by atoms with Gasteiger partial charge < -0.3 is 11.1 Å². The molecule has 0 aliphatic heterocycles.